The molecule has 0 amide bonds. The van der Waals surface area contributed by atoms with Gasteiger partial charge in [-0.25, -0.2) is 0 Å². The lowest BCUT2D eigenvalue weighted by molar-refractivity contribution is 0.355. The molecular weight excluding hydrogens is 306 g/mol. The molecule has 0 radical (unpaired) electrons. The second kappa shape index (κ2) is 7.93. The lowest BCUT2D eigenvalue weighted by Crippen LogP contribution is -1.94. The van der Waals surface area contributed by atoms with E-state index in [1.165, 1.54) is 0 Å². The van der Waals surface area contributed by atoms with Gasteiger partial charge in [0, 0.05) is 0 Å². The Labute approximate surface area is 141 Å². The second-order valence-electron chi connectivity index (χ2n) is 4.82. The van der Waals surface area contributed by atoms with Gasteiger partial charge in [0.1, 0.15) is 11.5 Å². The monoisotopic (exact) mass is 325 g/mol. The van der Waals surface area contributed by atoms with Crippen molar-refractivity contribution >= 4 is 11.6 Å². The Balaban J connectivity index is 2.58. The van der Waals surface area contributed by atoms with E-state index >= 15 is 0 Å². The van der Waals surface area contributed by atoms with Crippen LogP contribution >= 0.6 is 0 Å². The number of benzene rings is 2. The fourth-order valence-electron chi connectivity index (χ4n) is 2.35. The van der Waals surface area contributed by atoms with Crippen LogP contribution in [0.1, 0.15) is 11.1 Å². The molecule has 5 heteroatoms. The second-order valence-corrected chi connectivity index (χ2v) is 4.82. The van der Waals surface area contributed by atoms with Crippen molar-refractivity contribution in [2.24, 2.45) is 0 Å². The molecule has 0 spiro atoms. The number of ether oxygens (including phenoxy) is 4. The van der Waals surface area contributed by atoms with E-state index < -0.39 is 0 Å². The number of nitriles is 1. The van der Waals surface area contributed by atoms with Crippen LogP contribution in [0.2, 0.25) is 0 Å². The molecule has 0 atom stereocenters. The lowest BCUT2D eigenvalue weighted by atomic mass is 10.0. The summed E-state index contributed by atoms with van der Waals surface area (Å²) in [5.41, 5.74) is 1.87. The molecule has 0 aliphatic carbocycles. The van der Waals surface area contributed by atoms with E-state index in [1.54, 1.807) is 52.7 Å². The van der Waals surface area contributed by atoms with Crippen LogP contribution in [0, 0.1) is 11.3 Å². The first kappa shape index (κ1) is 17.2. The molecule has 0 saturated carbocycles. The summed E-state index contributed by atoms with van der Waals surface area (Å²) in [6, 6.07) is 13.0. The van der Waals surface area contributed by atoms with Crippen LogP contribution in [0.3, 0.4) is 0 Å². The minimum absolute atomic E-state index is 0.457. The van der Waals surface area contributed by atoms with E-state index in [-0.39, 0.29) is 0 Å². The van der Waals surface area contributed by atoms with Gasteiger partial charge in [-0.1, -0.05) is 6.07 Å². The van der Waals surface area contributed by atoms with Gasteiger partial charge in [0.2, 0.25) is 0 Å². The average Bonchev–Trinajstić information content (AvgIpc) is 2.65. The van der Waals surface area contributed by atoms with Gasteiger partial charge >= 0.3 is 0 Å². The zero-order chi connectivity index (χ0) is 17.5. The van der Waals surface area contributed by atoms with Crippen molar-refractivity contribution in [3.8, 4) is 29.1 Å². The molecule has 0 aliphatic heterocycles. The van der Waals surface area contributed by atoms with Crippen LogP contribution in [-0.2, 0) is 0 Å². The highest BCUT2D eigenvalue weighted by Crippen LogP contribution is 2.34. The third-order valence-electron chi connectivity index (χ3n) is 3.57. The zero-order valence-corrected chi connectivity index (χ0v) is 14.1. The summed E-state index contributed by atoms with van der Waals surface area (Å²) in [5, 5.41) is 9.59. The first-order valence-corrected chi connectivity index (χ1v) is 7.23. The van der Waals surface area contributed by atoms with E-state index in [9.17, 15) is 5.26 Å². The Morgan fingerprint density at radius 3 is 1.92 bits per heavy atom. The molecule has 0 N–H and O–H groups in total. The Hall–Kier alpha value is -3.13. The van der Waals surface area contributed by atoms with Crippen molar-refractivity contribution in [1.29, 1.82) is 5.26 Å². The molecule has 5 nitrogen and oxygen atoms in total. The SMILES string of the molecule is COc1ccc(C(C#N)=Cc2c(OC)cccc2OC)cc1OC. The van der Waals surface area contributed by atoms with Crippen molar-refractivity contribution in [1.82, 2.24) is 0 Å². The highest BCUT2D eigenvalue weighted by atomic mass is 16.5. The van der Waals surface area contributed by atoms with E-state index in [0.29, 0.717) is 39.7 Å². The average molecular weight is 325 g/mol. The van der Waals surface area contributed by atoms with Crippen LogP contribution in [0.5, 0.6) is 23.0 Å². The van der Waals surface area contributed by atoms with E-state index in [0.717, 1.165) is 0 Å². The van der Waals surface area contributed by atoms with E-state index in [2.05, 4.69) is 6.07 Å². The van der Waals surface area contributed by atoms with Gasteiger partial charge in [0.15, 0.2) is 11.5 Å². The molecule has 0 aliphatic rings. The number of hydrogen-bond acceptors (Lipinski definition) is 5. The molecule has 0 bridgehead atoms. The summed E-state index contributed by atoms with van der Waals surface area (Å²) in [4.78, 5) is 0. The van der Waals surface area contributed by atoms with Gasteiger partial charge in [-0.2, -0.15) is 5.26 Å². The molecule has 124 valence electrons. The third kappa shape index (κ3) is 3.44. The zero-order valence-electron chi connectivity index (χ0n) is 14.1. The van der Waals surface area contributed by atoms with Crippen LogP contribution < -0.4 is 18.9 Å². The summed E-state index contributed by atoms with van der Waals surface area (Å²) in [5.74, 6) is 2.42. The number of allylic oxidation sites excluding steroid dienone is 1. The molecule has 0 fully saturated rings. The molecule has 2 rings (SSSR count). The fourth-order valence-corrected chi connectivity index (χ4v) is 2.35. The molecular formula is C19H19NO4. The smallest absolute Gasteiger partial charge is 0.161 e. The molecule has 2 aromatic rings. The fraction of sp³-hybridized carbons (Fsp3) is 0.211. The predicted molar refractivity (Wildman–Crippen MR) is 92.6 cm³/mol. The Morgan fingerprint density at radius 2 is 1.42 bits per heavy atom. The molecule has 0 unspecified atom stereocenters. The maximum atomic E-state index is 9.59. The van der Waals surface area contributed by atoms with Crippen molar-refractivity contribution in [3.05, 3.63) is 47.5 Å². The van der Waals surface area contributed by atoms with Gasteiger partial charge in [-0.05, 0) is 42.0 Å². The van der Waals surface area contributed by atoms with Gasteiger partial charge in [-0.15, -0.1) is 0 Å². The standard InChI is InChI=1S/C19H19NO4/c1-21-16-6-5-7-17(22-2)15(16)10-14(12-20)13-8-9-18(23-3)19(11-13)24-4/h5-11H,1-4H3. The number of nitrogens with zero attached hydrogens (tertiary/aromatic N) is 1. The summed E-state index contributed by atoms with van der Waals surface area (Å²) < 4.78 is 21.3. The Bertz CT molecular complexity index is 768. The van der Waals surface area contributed by atoms with Gasteiger partial charge in [0.05, 0.1) is 45.6 Å². The molecule has 24 heavy (non-hydrogen) atoms. The topological polar surface area (TPSA) is 60.7 Å². The van der Waals surface area contributed by atoms with Gasteiger partial charge < -0.3 is 18.9 Å². The summed E-state index contributed by atoms with van der Waals surface area (Å²) in [6.45, 7) is 0. The minimum Gasteiger partial charge on any atom is -0.496 e. The number of methoxy groups -OCH3 is 4. The van der Waals surface area contributed by atoms with Crippen LogP contribution in [0.15, 0.2) is 36.4 Å². The summed E-state index contributed by atoms with van der Waals surface area (Å²) in [6.07, 6.45) is 1.74. The Morgan fingerprint density at radius 1 is 0.833 bits per heavy atom. The lowest BCUT2D eigenvalue weighted by Gasteiger charge is -2.12. The molecule has 0 aromatic heterocycles. The van der Waals surface area contributed by atoms with Gasteiger partial charge in [0.25, 0.3) is 0 Å². The van der Waals surface area contributed by atoms with Crippen molar-refractivity contribution < 1.29 is 18.9 Å². The van der Waals surface area contributed by atoms with Crippen LogP contribution in [-0.4, -0.2) is 28.4 Å². The first-order valence-electron chi connectivity index (χ1n) is 7.23. The highest BCUT2D eigenvalue weighted by molar-refractivity contribution is 5.92. The quantitative estimate of drug-likeness (QED) is 0.597. The first-order chi connectivity index (χ1) is 11.7. The molecule has 2 aromatic carbocycles. The number of hydrogen-bond donors (Lipinski definition) is 0. The molecule has 0 heterocycles. The summed E-state index contributed by atoms with van der Waals surface area (Å²) in [7, 11) is 6.28. The van der Waals surface area contributed by atoms with Crippen LogP contribution in [0.4, 0.5) is 0 Å². The van der Waals surface area contributed by atoms with E-state index in [4.69, 9.17) is 18.9 Å². The maximum absolute atomic E-state index is 9.59. The van der Waals surface area contributed by atoms with Gasteiger partial charge in [-0.3, -0.25) is 0 Å². The largest absolute Gasteiger partial charge is 0.496 e. The maximum Gasteiger partial charge on any atom is 0.161 e. The normalized spacial score (nSPS) is 10.7. The van der Waals surface area contributed by atoms with Crippen molar-refractivity contribution in [2.75, 3.05) is 28.4 Å². The third-order valence-corrected chi connectivity index (χ3v) is 3.57. The Kier molecular flexibility index (Phi) is 5.69. The predicted octanol–water partition coefficient (Wildman–Crippen LogP) is 3.79. The van der Waals surface area contributed by atoms with Crippen molar-refractivity contribution in [2.45, 2.75) is 0 Å². The minimum atomic E-state index is 0.457. The molecule has 0 saturated heterocycles. The summed E-state index contributed by atoms with van der Waals surface area (Å²) >= 11 is 0. The van der Waals surface area contributed by atoms with Crippen LogP contribution in [0.25, 0.3) is 11.6 Å². The number of rotatable bonds is 6. The highest BCUT2D eigenvalue weighted by Gasteiger charge is 2.12. The van der Waals surface area contributed by atoms with E-state index in [1.807, 2.05) is 18.2 Å². The van der Waals surface area contributed by atoms with Crippen molar-refractivity contribution in [3.63, 3.8) is 0 Å².